The molecule has 0 fully saturated rings. The van der Waals surface area contributed by atoms with Gasteiger partial charge in [0.1, 0.15) is 0 Å². The average Bonchev–Trinajstić information content (AvgIpc) is 3.44. The number of fused-ring (bicyclic) bond motifs is 2. The van der Waals surface area contributed by atoms with Crippen LogP contribution in [0.25, 0.3) is 10.9 Å². The Bertz CT molecular complexity index is 1510. The van der Waals surface area contributed by atoms with E-state index >= 15 is 0 Å². The zero-order valence-corrected chi connectivity index (χ0v) is 25.5. The molecule has 0 aliphatic carbocycles. The second-order valence-electron chi connectivity index (χ2n) is 11.5. The fourth-order valence-electron chi connectivity index (χ4n) is 6.61. The summed E-state index contributed by atoms with van der Waals surface area (Å²) in [6, 6.07) is 17.1. The molecule has 5 heteroatoms. The molecule has 0 N–H and O–H groups in total. The Labute approximate surface area is 245 Å². The van der Waals surface area contributed by atoms with Crippen molar-refractivity contribution in [3.8, 4) is 0 Å². The molecule has 2 aromatic carbocycles. The van der Waals surface area contributed by atoms with E-state index in [-0.39, 0.29) is 5.97 Å². The van der Waals surface area contributed by atoms with Gasteiger partial charge in [-0.25, -0.2) is 4.79 Å². The van der Waals surface area contributed by atoms with Gasteiger partial charge in [-0.2, -0.15) is 0 Å². The van der Waals surface area contributed by atoms with Crippen LogP contribution in [0.1, 0.15) is 104 Å². The summed E-state index contributed by atoms with van der Waals surface area (Å²) >= 11 is 0. The Morgan fingerprint density at radius 1 is 0.878 bits per heavy atom. The van der Waals surface area contributed by atoms with Crippen molar-refractivity contribution in [2.75, 3.05) is 18.0 Å². The number of anilines is 1. The van der Waals surface area contributed by atoms with Crippen molar-refractivity contribution >= 4 is 22.6 Å². The van der Waals surface area contributed by atoms with E-state index in [0.717, 1.165) is 59.4 Å². The number of hydrogen-bond donors (Lipinski definition) is 0. The molecule has 0 spiro atoms. The lowest BCUT2D eigenvalue weighted by Gasteiger charge is -2.33. The number of ether oxygens (including phenoxy) is 1. The van der Waals surface area contributed by atoms with Gasteiger partial charge < -0.3 is 14.2 Å². The molecular weight excluding hydrogens is 506 g/mol. The first-order valence-corrected chi connectivity index (χ1v) is 15.6. The fourth-order valence-corrected chi connectivity index (χ4v) is 6.61. The van der Waals surface area contributed by atoms with Gasteiger partial charge in [0.05, 0.1) is 5.56 Å². The number of carbonyl (C=O) groups is 1. The van der Waals surface area contributed by atoms with Crippen molar-refractivity contribution < 1.29 is 9.53 Å². The minimum Gasteiger partial charge on any atom is -0.440 e. The number of hydrogen-bond acceptors (Lipinski definition) is 4. The average molecular weight is 552 g/mol. The summed E-state index contributed by atoms with van der Waals surface area (Å²) in [4.78, 5) is 20.6. The van der Waals surface area contributed by atoms with Crippen LogP contribution in [-0.4, -0.2) is 28.6 Å². The first-order valence-electron chi connectivity index (χ1n) is 15.6. The van der Waals surface area contributed by atoms with E-state index in [1.54, 1.807) is 12.3 Å². The van der Waals surface area contributed by atoms with Crippen LogP contribution in [0.3, 0.4) is 0 Å². The summed E-state index contributed by atoms with van der Waals surface area (Å²) < 4.78 is 9.05. The van der Waals surface area contributed by atoms with Crippen LogP contribution < -0.4 is 4.90 Å². The monoisotopic (exact) mass is 551 g/mol. The SMILES string of the molecule is CCCCCn1c(C)c(C2(c3ccc(N(CCCC)CCCC)cc3C)OC(=O)c3ccncc32)c2ccccc21. The molecule has 0 amide bonds. The Morgan fingerprint density at radius 3 is 2.32 bits per heavy atom. The summed E-state index contributed by atoms with van der Waals surface area (Å²) in [5.74, 6) is -0.291. The molecule has 5 rings (SSSR count). The van der Waals surface area contributed by atoms with Gasteiger partial charge in [-0.3, -0.25) is 4.98 Å². The van der Waals surface area contributed by atoms with E-state index < -0.39 is 5.60 Å². The molecule has 2 aromatic heterocycles. The van der Waals surface area contributed by atoms with Crippen LogP contribution in [-0.2, 0) is 16.9 Å². The van der Waals surface area contributed by atoms with Gasteiger partial charge in [0, 0.05) is 71.0 Å². The largest absolute Gasteiger partial charge is 0.440 e. The summed E-state index contributed by atoms with van der Waals surface area (Å²) in [6.07, 6.45) is 11.7. The van der Waals surface area contributed by atoms with Gasteiger partial charge in [0.15, 0.2) is 5.60 Å². The molecule has 0 saturated carbocycles. The van der Waals surface area contributed by atoms with Crippen LogP contribution in [0.15, 0.2) is 60.9 Å². The molecule has 41 heavy (non-hydrogen) atoms. The number of rotatable bonds is 13. The molecule has 3 heterocycles. The van der Waals surface area contributed by atoms with E-state index in [0.29, 0.717) is 5.56 Å². The van der Waals surface area contributed by atoms with Gasteiger partial charge >= 0.3 is 5.97 Å². The van der Waals surface area contributed by atoms with Gasteiger partial charge in [-0.15, -0.1) is 0 Å². The summed E-state index contributed by atoms with van der Waals surface area (Å²) in [5.41, 5.74) is 7.09. The number of cyclic esters (lactones) is 1. The number of benzene rings is 2. The first-order chi connectivity index (χ1) is 20.0. The van der Waals surface area contributed by atoms with Crippen molar-refractivity contribution in [3.63, 3.8) is 0 Å². The Balaban J connectivity index is 1.74. The fraction of sp³-hybridized carbons (Fsp3) is 0.444. The zero-order chi connectivity index (χ0) is 29.0. The van der Waals surface area contributed by atoms with Crippen molar-refractivity contribution in [2.45, 2.75) is 91.7 Å². The van der Waals surface area contributed by atoms with Crippen LogP contribution in [0.2, 0.25) is 0 Å². The Kier molecular flexibility index (Phi) is 8.82. The number of unbranched alkanes of at least 4 members (excludes halogenated alkanes) is 4. The van der Waals surface area contributed by atoms with Crippen molar-refractivity contribution in [1.82, 2.24) is 9.55 Å². The van der Waals surface area contributed by atoms with Crippen LogP contribution >= 0.6 is 0 Å². The summed E-state index contributed by atoms with van der Waals surface area (Å²) in [7, 11) is 0. The maximum atomic E-state index is 13.6. The van der Waals surface area contributed by atoms with Gasteiger partial charge in [0.2, 0.25) is 0 Å². The lowest BCUT2D eigenvalue weighted by Crippen LogP contribution is -2.32. The van der Waals surface area contributed by atoms with E-state index in [2.05, 4.69) is 91.5 Å². The molecule has 5 nitrogen and oxygen atoms in total. The minimum atomic E-state index is -1.07. The van der Waals surface area contributed by atoms with Crippen molar-refractivity contribution in [3.05, 3.63) is 94.4 Å². The Morgan fingerprint density at radius 2 is 1.61 bits per heavy atom. The van der Waals surface area contributed by atoms with Crippen LogP contribution in [0.5, 0.6) is 0 Å². The number of pyridine rings is 1. The lowest BCUT2D eigenvalue weighted by molar-refractivity contribution is 0.0251. The number of esters is 1. The molecule has 0 radical (unpaired) electrons. The van der Waals surface area contributed by atoms with E-state index in [1.807, 2.05) is 6.20 Å². The molecular formula is C36H45N3O2. The highest BCUT2D eigenvalue weighted by atomic mass is 16.6. The minimum absolute atomic E-state index is 0.291. The molecule has 216 valence electrons. The molecule has 1 unspecified atom stereocenters. The van der Waals surface area contributed by atoms with Crippen LogP contribution in [0, 0.1) is 13.8 Å². The predicted molar refractivity (Wildman–Crippen MR) is 169 cm³/mol. The second-order valence-corrected chi connectivity index (χ2v) is 11.5. The third kappa shape index (κ3) is 5.16. The molecule has 0 bridgehead atoms. The highest BCUT2D eigenvalue weighted by Crippen LogP contribution is 2.51. The number of aryl methyl sites for hydroxylation is 2. The predicted octanol–water partition coefficient (Wildman–Crippen LogP) is 8.71. The standard InChI is InChI=1S/C36H45N3O2/c1-6-9-14-23-39-27(5)34(30-15-12-13-16-33(30)39)36(32-25-37-20-19-29(32)35(40)41-36)31-18-17-28(24-26(31)4)38(21-10-7-2)22-11-8-3/h12-13,15-20,24-25H,6-11,14,21-23H2,1-5H3. The quantitative estimate of drug-likeness (QED) is 0.123. The van der Waals surface area contributed by atoms with Crippen molar-refractivity contribution in [2.24, 2.45) is 0 Å². The normalized spacial score (nSPS) is 16.3. The van der Waals surface area contributed by atoms with Gasteiger partial charge in [0.25, 0.3) is 0 Å². The topological polar surface area (TPSA) is 47.4 Å². The van der Waals surface area contributed by atoms with Crippen LogP contribution in [0.4, 0.5) is 5.69 Å². The number of nitrogens with zero attached hydrogens (tertiary/aromatic N) is 3. The summed E-state index contributed by atoms with van der Waals surface area (Å²) in [6.45, 7) is 14.1. The van der Waals surface area contributed by atoms with E-state index in [4.69, 9.17) is 4.74 Å². The number of carbonyl (C=O) groups excluding carboxylic acids is 1. The van der Waals surface area contributed by atoms with E-state index in [1.165, 1.54) is 49.7 Å². The third-order valence-electron chi connectivity index (χ3n) is 8.75. The lowest BCUT2D eigenvalue weighted by atomic mass is 9.77. The molecule has 4 aromatic rings. The van der Waals surface area contributed by atoms with Gasteiger partial charge in [-0.1, -0.05) is 70.7 Å². The summed E-state index contributed by atoms with van der Waals surface area (Å²) in [5, 5.41) is 1.13. The molecule has 1 aliphatic rings. The number of aromatic nitrogens is 2. The zero-order valence-electron chi connectivity index (χ0n) is 25.5. The molecule has 1 atom stereocenters. The maximum Gasteiger partial charge on any atom is 0.340 e. The maximum absolute atomic E-state index is 13.6. The highest BCUT2D eigenvalue weighted by Gasteiger charge is 2.52. The Hall–Kier alpha value is -3.60. The van der Waals surface area contributed by atoms with Gasteiger partial charge in [-0.05, 0) is 62.9 Å². The second kappa shape index (κ2) is 12.5. The first kappa shape index (κ1) is 28.9. The van der Waals surface area contributed by atoms with E-state index in [9.17, 15) is 4.79 Å². The molecule has 0 saturated heterocycles. The highest BCUT2D eigenvalue weighted by molar-refractivity contribution is 5.98. The molecule has 1 aliphatic heterocycles. The van der Waals surface area contributed by atoms with Crippen molar-refractivity contribution in [1.29, 1.82) is 0 Å². The smallest absolute Gasteiger partial charge is 0.340 e. The number of para-hydroxylation sites is 1. The third-order valence-corrected chi connectivity index (χ3v) is 8.75.